The Bertz CT molecular complexity index is 1070. The molecule has 2 aromatic heterocycles. The van der Waals surface area contributed by atoms with E-state index in [1.165, 1.54) is 22.2 Å². The summed E-state index contributed by atoms with van der Waals surface area (Å²) < 4.78 is 8.32. The number of nitrogens with zero attached hydrogens (tertiary/aromatic N) is 3. The SMILES string of the molecule is Cc1c(C(=O)N2CCOC(c3ccc(Br)cc3)C2)sc2ncn(C)c(=O)c12. The van der Waals surface area contributed by atoms with Crippen molar-refractivity contribution in [2.75, 3.05) is 19.7 Å². The number of fused-ring (bicyclic) bond motifs is 1. The van der Waals surface area contributed by atoms with Crippen molar-refractivity contribution in [2.45, 2.75) is 13.0 Å². The van der Waals surface area contributed by atoms with Crippen LogP contribution in [-0.4, -0.2) is 40.1 Å². The van der Waals surface area contributed by atoms with Crippen LogP contribution in [0.2, 0.25) is 0 Å². The van der Waals surface area contributed by atoms with Crippen LogP contribution in [0.25, 0.3) is 10.2 Å². The molecule has 8 heteroatoms. The molecule has 0 spiro atoms. The number of carbonyl (C=O) groups excluding carboxylic acids is 1. The van der Waals surface area contributed by atoms with Crippen LogP contribution in [0.1, 0.15) is 26.9 Å². The molecule has 6 nitrogen and oxygen atoms in total. The van der Waals surface area contributed by atoms with Gasteiger partial charge in [0, 0.05) is 18.1 Å². The van der Waals surface area contributed by atoms with E-state index >= 15 is 0 Å². The third-order valence-electron chi connectivity index (χ3n) is 4.80. The fourth-order valence-corrected chi connectivity index (χ4v) is 4.64. The molecule has 1 aromatic carbocycles. The van der Waals surface area contributed by atoms with E-state index < -0.39 is 0 Å². The number of hydrogen-bond acceptors (Lipinski definition) is 5. The van der Waals surface area contributed by atoms with Gasteiger partial charge in [-0.1, -0.05) is 28.1 Å². The van der Waals surface area contributed by atoms with Crippen molar-refractivity contribution >= 4 is 43.4 Å². The van der Waals surface area contributed by atoms with Crippen molar-refractivity contribution in [1.82, 2.24) is 14.5 Å². The van der Waals surface area contributed by atoms with Crippen LogP contribution in [0.4, 0.5) is 0 Å². The normalized spacial score (nSPS) is 17.4. The van der Waals surface area contributed by atoms with Crippen molar-refractivity contribution in [3.63, 3.8) is 0 Å². The molecule has 140 valence electrons. The topological polar surface area (TPSA) is 64.4 Å². The maximum absolute atomic E-state index is 13.2. The van der Waals surface area contributed by atoms with Gasteiger partial charge in [0.15, 0.2) is 0 Å². The van der Waals surface area contributed by atoms with Crippen LogP contribution >= 0.6 is 27.3 Å². The number of ether oxygens (including phenoxy) is 1. The maximum atomic E-state index is 13.2. The molecule has 1 saturated heterocycles. The zero-order chi connectivity index (χ0) is 19.1. The molecular formula is C19H18BrN3O3S. The molecule has 1 unspecified atom stereocenters. The first-order valence-corrected chi connectivity index (χ1v) is 10.2. The lowest BCUT2D eigenvalue weighted by molar-refractivity contribution is -0.0226. The van der Waals surface area contributed by atoms with E-state index in [1.54, 1.807) is 11.9 Å². The zero-order valence-electron chi connectivity index (χ0n) is 14.9. The largest absolute Gasteiger partial charge is 0.370 e. The average molecular weight is 448 g/mol. The van der Waals surface area contributed by atoms with Gasteiger partial charge < -0.3 is 14.2 Å². The number of amides is 1. The minimum atomic E-state index is -0.156. The summed E-state index contributed by atoms with van der Waals surface area (Å²) in [6.07, 6.45) is 1.34. The zero-order valence-corrected chi connectivity index (χ0v) is 17.3. The summed E-state index contributed by atoms with van der Waals surface area (Å²) in [6.45, 7) is 3.32. The van der Waals surface area contributed by atoms with E-state index in [0.717, 1.165) is 10.0 Å². The van der Waals surface area contributed by atoms with E-state index in [0.29, 0.717) is 40.4 Å². The molecule has 0 radical (unpaired) electrons. The fourth-order valence-electron chi connectivity index (χ4n) is 3.27. The summed E-state index contributed by atoms with van der Waals surface area (Å²) in [5, 5.41) is 0.533. The second-order valence-corrected chi connectivity index (χ2v) is 8.47. The van der Waals surface area contributed by atoms with Crippen LogP contribution in [-0.2, 0) is 11.8 Å². The number of aryl methyl sites for hydroxylation is 2. The Kier molecular flexibility index (Phi) is 4.88. The smallest absolute Gasteiger partial charge is 0.264 e. The van der Waals surface area contributed by atoms with Crippen LogP contribution in [0.3, 0.4) is 0 Å². The Balaban J connectivity index is 1.63. The van der Waals surface area contributed by atoms with Crippen molar-refractivity contribution in [1.29, 1.82) is 0 Å². The molecule has 0 bridgehead atoms. The molecule has 4 rings (SSSR count). The van der Waals surface area contributed by atoms with Crippen LogP contribution in [0.15, 0.2) is 39.9 Å². The molecule has 1 atom stereocenters. The second-order valence-electron chi connectivity index (χ2n) is 6.56. The van der Waals surface area contributed by atoms with Gasteiger partial charge in [0.2, 0.25) is 0 Å². The van der Waals surface area contributed by atoms with Gasteiger partial charge in [-0.3, -0.25) is 9.59 Å². The van der Waals surface area contributed by atoms with Crippen LogP contribution in [0, 0.1) is 6.92 Å². The Morgan fingerprint density at radius 2 is 2.07 bits per heavy atom. The van der Waals surface area contributed by atoms with Gasteiger partial charge in [-0.15, -0.1) is 11.3 Å². The minimum absolute atomic E-state index is 0.0667. The molecular weight excluding hydrogens is 430 g/mol. The molecule has 27 heavy (non-hydrogen) atoms. The highest BCUT2D eigenvalue weighted by atomic mass is 79.9. The lowest BCUT2D eigenvalue weighted by Gasteiger charge is -2.33. The van der Waals surface area contributed by atoms with Gasteiger partial charge in [0.05, 0.1) is 29.7 Å². The Labute approximate surface area is 168 Å². The van der Waals surface area contributed by atoms with Crippen molar-refractivity contribution in [3.05, 3.63) is 61.4 Å². The lowest BCUT2D eigenvalue weighted by atomic mass is 10.1. The maximum Gasteiger partial charge on any atom is 0.264 e. The second kappa shape index (κ2) is 7.18. The van der Waals surface area contributed by atoms with Crippen molar-refractivity contribution in [2.24, 2.45) is 7.05 Å². The Morgan fingerprint density at radius 3 is 2.81 bits per heavy atom. The van der Waals surface area contributed by atoms with Gasteiger partial charge in [-0.2, -0.15) is 0 Å². The van der Waals surface area contributed by atoms with E-state index in [9.17, 15) is 9.59 Å². The number of carbonyl (C=O) groups is 1. The fraction of sp³-hybridized carbons (Fsp3) is 0.316. The molecule has 1 aliphatic heterocycles. The number of aromatic nitrogens is 2. The highest BCUT2D eigenvalue weighted by Gasteiger charge is 2.29. The molecule has 0 aliphatic carbocycles. The van der Waals surface area contributed by atoms with Gasteiger partial charge >= 0.3 is 0 Å². The quantitative estimate of drug-likeness (QED) is 0.604. The number of thiophene rings is 1. The molecule has 0 N–H and O–H groups in total. The van der Waals surface area contributed by atoms with Crippen molar-refractivity contribution in [3.8, 4) is 0 Å². The first-order valence-electron chi connectivity index (χ1n) is 8.57. The van der Waals surface area contributed by atoms with E-state index in [4.69, 9.17) is 4.74 Å². The molecule has 1 fully saturated rings. The van der Waals surface area contributed by atoms with Gasteiger partial charge in [0.1, 0.15) is 10.9 Å². The van der Waals surface area contributed by atoms with Crippen LogP contribution < -0.4 is 5.56 Å². The first kappa shape index (κ1) is 18.3. The molecule has 3 heterocycles. The standard InChI is InChI=1S/C19H18BrN3O3S/c1-11-15-17(21-10-22(2)18(15)24)27-16(11)19(25)23-7-8-26-14(9-23)12-3-5-13(20)6-4-12/h3-6,10,14H,7-9H2,1-2H3. The summed E-state index contributed by atoms with van der Waals surface area (Å²) in [7, 11) is 1.66. The number of morpholine rings is 1. The third-order valence-corrected chi connectivity index (χ3v) is 6.52. The predicted molar refractivity (Wildman–Crippen MR) is 108 cm³/mol. The third kappa shape index (κ3) is 3.33. The number of halogens is 1. The monoisotopic (exact) mass is 447 g/mol. The summed E-state index contributed by atoms with van der Waals surface area (Å²) in [6, 6.07) is 7.94. The summed E-state index contributed by atoms with van der Waals surface area (Å²) >= 11 is 4.72. The summed E-state index contributed by atoms with van der Waals surface area (Å²) in [5.41, 5.74) is 1.63. The van der Waals surface area contributed by atoms with Gasteiger partial charge in [0.25, 0.3) is 11.5 Å². The van der Waals surface area contributed by atoms with Crippen molar-refractivity contribution < 1.29 is 9.53 Å². The number of hydrogen-bond donors (Lipinski definition) is 0. The van der Waals surface area contributed by atoms with Gasteiger partial charge in [-0.25, -0.2) is 4.98 Å². The Hall–Kier alpha value is -2.03. The average Bonchev–Trinajstić information content (AvgIpc) is 3.02. The number of rotatable bonds is 2. The highest BCUT2D eigenvalue weighted by Crippen LogP contribution is 2.30. The minimum Gasteiger partial charge on any atom is -0.370 e. The predicted octanol–water partition coefficient (Wildman–Crippen LogP) is 3.28. The molecule has 1 aliphatic rings. The van der Waals surface area contributed by atoms with E-state index in [2.05, 4.69) is 20.9 Å². The Morgan fingerprint density at radius 1 is 1.33 bits per heavy atom. The first-order chi connectivity index (χ1) is 13.0. The van der Waals surface area contributed by atoms with E-state index in [1.807, 2.05) is 31.2 Å². The highest BCUT2D eigenvalue weighted by molar-refractivity contribution is 9.10. The molecule has 0 saturated carbocycles. The molecule has 3 aromatic rings. The summed E-state index contributed by atoms with van der Waals surface area (Å²) in [4.78, 5) is 32.9. The lowest BCUT2D eigenvalue weighted by Crippen LogP contribution is -2.42. The molecule has 1 amide bonds. The van der Waals surface area contributed by atoms with Crippen LogP contribution in [0.5, 0.6) is 0 Å². The van der Waals surface area contributed by atoms with Gasteiger partial charge in [-0.05, 0) is 30.2 Å². The van der Waals surface area contributed by atoms with E-state index in [-0.39, 0.29) is 17.6 Å². The summed E-state index contributed by atoms with van der Waals surface area (Å²) in [5.74, 6) is -0.0667. The number of benzene rings is 1.